The van der Waals surface area contributed by atoms with Gasteiger partial charge in [0, 0.05) is 31.6 Å². The molecule has 2 aliphatic rings. The zero-order valence-corrected chi connectivity index (χ0v) is 17.9. The molecule has 0 atom stereocenters. The number of piperidine rings is 1. The highest BCUT2D eigenvalue weighted by Gasteiger charge is 2.47. The van der Waals surface area contributed by atoms with E-state index in [0.29, 0.717) is 29.9 Å². The summed E-state index contributed by atoms with van der Waals surface area (Å²) in [6, 6.07) is 2.92. The molecule has 2 saturated heterocycles. The minimum absolute atomic E-state index is 0.0445. The number of rotatable bonds is 2. The van der Waals surface area contributed by atoms with Crippen molar-refractivity contribution in [3.8, 4) is 0 Å². The molecule has 168 valence electrons. The molecule has 4 heterocycles. The van der Waals surface area contributed by atoms with E-state index in [1.165, 1.54) is 12.4 Å². The van der Waals surface area contributed by atoms with Crippen LogP contribution in [0.3, 0.4) is 0 Å². The second kappa shape index (κ2) is 7.49. The van der Waals surface area contributed by atoms with Gasteiger partial charge in [-0.2, -0.15) is 13.2 Å². The van der Waals surface area contributed by atoms with Crippen molar-refractivity contribution in [3.63, 3.8) is 0 Å². The van der Waals surface area contributed by atoms with E-state index >= 15 is 0 Å². The number of fused-ring (bicyclic) bond motifs is 1. The Morgan fingerprint density at radius 1 is 1.13 bits per heavy atom. The fraction of sp³-hybridized carbons (Fsp3) is 0.619. The molecule has 2 aromatic rings. The fourth-order valence-corrected chi connectivity index (χ4v) is 4.22. The van der Waals surface area contributed by atoms with Gasteiger partial charge in [-0.1, -0.05) is 0 Å². The van der Waals surface area contributed by atoms with Crippen molar-refractivity contribution in [3.05, 3.63) is 24.2 Å². The maximum absolute atomic E-state index is 12.8. The van der Waals surface area contributed by atoms with Gasteiger partial charge in [-0.25, -0.2) is 19.7 Å². The third kappa shape index (κ3) is 4.83. The van der Waals surface area contributed by atoms with Crippen molar-refractivity contribution in [2.45, 2.75) is 51.8 Å². The van der Waals surface area contributed by atoms with Crippen molar-refractivity contribution in [1.82, 2.24) is 19.9 Å². The number of carbonyl (C=O) groups excluding carboxylic acids is 1. The van der Waals surface area contributed by atoms with Crippen molar-refractivity contribution < 1.29 is 22.7 Å². The van der Waals surface area contributed by atoms with Crippen LogP contribution >= 0.6 is 0 Å². The van der Waals surface area contributed by atoms with Crippen LogP contribution in [0.25, 0.3) is 11.0 Å². The molecule has 2 fully saturated rings. The van der Waals surface area contributed by atoms with Gasteiger partial charge in [0.2, 0.25) is 0 Å². The molecule has 0 radical (unpaired) electrons. The van der Waals surface area contributed by atoms with Crippen LogP contribution in [0.4, 0.5) is 23.8 Å². The first-order valence-corrected chi connectivity index (χ1v) is 10.3. The molecule has 0 aliphatic carbocycles. The van der Waals surface area contributed by atoms with E-state index in [1.54, 1.807) is 11.0 Å². The lowest BCUT2D eigenvalue weighted by atomic mass is 9.72. The molecule has 2 aliphatic heterocycles. The summed E-state index contributed by atoms with van der Waals surface area (Å²) in [4.78, 5) is 28.7. The summed E-state index contributed by atoms with van der Waals surface area (Å²) < 4.78 is 43.8. The average molecular weight is 437 g/mol. The summed E-state index contributed by atoms with van der Waals surface area (Å²) >= 11 is 0. The van der Waals surface area contributed by atoms with Crippen molar-refractivity contribution in [2.24, 2.45) is 5.41 Å². The molecule has 0 saturated carbocycles. The first-order chi connectivity index (χ1) is 14.4. The van der Waals surface area contributed by atoms with Crippen LogP contribution in [-0.4, -0.2) is 63.9 Å². The molecule has 10 heteroatoms. The van der Waals surface area contributed by atoms with Gasteiger partial charge in [-0.05, 0) is 45.7 Å². The Bertz CT molecular complexity index is 973. The van der Waals surface area contributed by atoms with E-state index in [9.17, 15) is 18.0 Å². The number of anilines is 1. The molecule has 0 aromatic carbocycles. The molecule has 0 N–H and O–H groups in total. The second-order valence-corrected chi connectivity index (χ2v) is 9.48. The number of ether oxygens (including phenoxy) is 1. The molecular formula is C21H26F3N5O2. The predicted octanol–water partition coefficient (Wildman–Crippen LogP) is 3.97. The Morgan fingerprint density at radius 2 is 1.81 bits per heavy atom. The van der Waals surface area contributed by atoms with Crippen LogP contribution < -0.4 is 4.90 Å². The van der Waals surface area contributed by atoms with Crippen molar-refractivity contribution >= 4 is 22.9 Å². The molecule has 31 heavy (non-hydrogen) atoms. The van der Waals surface area contributed by atoms with Gasteiger partial charge in [-0.15, -0.1) is 0 Å². The number of halogens is 3. The normalized spacial score (nSPS) is 18.9. The van der Waals surface area contributed by atoms with Crippen LogP contribution in [0.15, 0.2) is 18.5 Å². The van der Waals surface area contributed by atoms with Crippen LogP contribution in [0.5, 0.6) is 0 Å². The van der Waals surface area contributed by atoms with E-state index in [1.807, 2.05) is 25.7 Å². The molecule has 7 nitrogen and oxygen atoms in total. The number of likely N-dealkylation sites (tertiary alicyclic amines) is 1. The lowest BCUT2D eigenvalue weighted by Gasteiger charge is -2.54. The van der Waals surface area contributed by atoms with Gasteiger partial charge >= 0.3 is 12.3 Å². The lowest BCUT2D eigenvalue weighted by molar-refractivity contribution is -0.127. The van der Waals surface area contributed by atoms with Crippen LogP contribution in [0.2, 0.25) is 0 Å². The zero-order valence-electron chi connectivity index (χ0n) is 17.9. The Labute approximate surface area is 178 Å². The SMILES string of the molecule is CC(C)(C)OC(=O)N1CCC2(CC1)CN(c1ncnc3ccc(CC(F)(F)F)nc13)C2. The molecule has 0 unspecified atom stereocenters. The number of carbonyl (C=O) groups is 1. The highest BCUT2D eigenvalue weighted by atomic mass is 19.4. The first kappa shape index (κ1) is 21.6. The van der Waals surface area contributed by atoms with E-state index in [4.69, 9.17) is 4.74 Å². The summed E-state index contributed by atoms with van der Waals surface area (Å²) in [5.74, 6) is 0.564. The number of nitrogens with zero attached hydrogens (tertiary/aromatic N) is 5. The molecule has 2 aromatic heterocycles. The molecule has 1 spiro atoms. The minimum atomic E-state index is -4.32. The third-order valence-corrected chi connectivity index (χ3v) is 5.73. The number of alkyl halides is 3. The first-order valence-electron chi connectivity index (χ1n) is 10.3. The van der Waals surface area contributed by atoms with Crippen LogP contribution in [-0.2, 0) is 11.2 Å². The van der Waals surface area contributed by atoms with E-state index < -0.39 is 18.2 Å². The number of hydrogen-bond acceptors (Lipinski definition) is 6. The maximum atomic E-state index is 12.8. The number of aromatic nitrogens is 3. The van der Waals surface area contributed by atoms with Crippen molar-refractivity contribution in [1.29, 1.82) is 0 Å². The predicted molar refractivity (Wildman–Crippen MR) is 109 cm³/mol. The standard InChI is InChI=1S/C21H26F3N5O2/c1-19(2,3)31-18(30)28-8-6-20(7-9-28)11-29(12-20)17-16-15(25-13-26-17)5-4-14(27-16)10-21(22,23)24/h4-5,13H,6-12H2,1-3H3. The topological polar surface area (TPSA) is 71.5 Å². The summed E-state index contributed by atoms with van der Waals surface area (Å²) in [6.45, 7) is 8.25. The van der Waals surface area contributed by atoms with E-state index in [-0.39, 0.29) is 17.2 Å². The molecule has 0 bridgehead atoms. The lowest BCUT2D eigenvalue weighted by Crippen LogP contribution is -2.61. The average Bonchev–Trinajstić information content (AvgIpc) is 2.63. The summed E-state index contributed by atoms with van der Waals surface area (Å²) in [6.07, 6.45) is -2.58. The second-order valence-electron chi connectivity index (χ2n) is 9.48. The van der Waals surface area contributed by atoms with Crippen molar-refractivity contribution in [2.75, 3.05) is 31.1 Å². The quantitative estimate of drug-likeness (QED) is 0.708. The maximum Gasteiger partial charge on any atom is 0.410 e. The summed E-state index contributed by atoms with van der Waals surface area (Å²) in [7, 11) is 0. The Morgan fingerprint density at radius 3 is 2.42 bits per heavy atom. The minimum Gasteiger partial charge on any atom is -0.444 e. The van der Waals surface area contributed by atoms with E-state index in [2.05, 4.69) is 15.0 Å². The fourth-order valence-electron chi connectivity index (χ4n) is 4.22. The van der Waals surface area contributed by atoms with Gasteiger partial charge in [0.15, 0.2) is 5.82 Å². The molecular weight excluding hydrogens is 411 g/mol. The highest BCUT2D eigenvalue weighted by Crippen LogP contribution is 2.43. The largest absolute Gasteiger partial charge is 0.444 e. The smallest absolute Gasteiger partial charge is 0.410 e. The van der Waals surface area contributed by atoms with Crippen LogP contribution in [0.1, 0.15) is 39.3 Å². The zero-order chi connectivity index (χ0) is 22.4. The van der Waals surface area contributed by atoms with Gasteiger partial charge in [0.05, 0.1) is 17.6 Å². The molecule has 1 amide bonds. The van der Waals surface area contributed by atoms with Gasteiger partial charge in [0.25, 0.3) is 0 Å². The third-order valence-electron chi connectivity index (χ3n) is 5.73. The summed E-state index contributed by atoms with van der Waals surface area (Å²) in [5.41, 5.74) is 0.420. The van der Waals surface area contributed by atoms with Gasteiger partial charge in [0.1, 0.15) is 17.4 Å². The Balaban J connectivity index is 1.43. The Kier molecular flexibility index (Phi) is 5.21. The monoisotopic (exact) mass is 437 g/mol. The number of hydrogen-bond donors (Lipinski definition) is 0. The Hall–Kier alpha value is -2.65. The summed E-state index contributed by atoms with van der Waals surface area (Å²) in [5, 5.41) is 0. The van der Waals surface area contributed by atoms with Crippen LogP contribution in [0, 0.1) is 5.41 Å². The van der Waals surface area contributed by atoms with Gasteiger partial charge < -0.3 is 14.5 Å². The molecule has 4 rings (SSSR count). The highest BCUT2D eigenvalue weighted by molar-refractivity contribution is 5.86. The van der Waals surface area contributed by atoms with Gasteiger partial charge in [-0.3, -0.25) is 0 Å². The number of amides is 1. The van der Waals surface area contributed by atoms with E-state index in [0.717, 1.165) is 25.9 Å². The number of pyridine rings is 1.